The van der Waals surface area contributed by atoms with Gasteiger partial charge in [-0.25, -0.2) is 4.98 Å². The zero-order valence-corrected chi connectivity index (χ0v) is 12.2. The van der Waals surface area contributed by atoms with Crippen molar-refractivity contribution in [3.63, 3.8) is 0 Å². The third kappa shape index (κ3) is 3.88. The molecule has 2 aromatic rings. The Morgan fingerprint density at radius 1 is 1.27 bits per heavy atom. The number of nitrogens with one attached hydrogen (secondary N) is 1. The average Bonchev–Trinajstić information content (AvgIpc) is 2.51. The molecule has 0 fully saturated rings. The van der Waals surface area contributed by atoms with Gasteiger partial charge in [-0.1, -0.05) is 6.07 Å². The minimum Gasteiger partial charge on any atom is -0.504 e. The SMILES string of the molecule is CCOc1ncccc1C(=O)NCCc1ccc(O)c(O)c1. The molecule has 0 bridgehead atoms. The predicted molar refractivity (Wildman–Crippen MR) is 81.2 cm³/mol. The molecule has 0 radical (unpaired) electrons. The maximum Gasteiger partial charge on any atom is 0.256 e. The van der Waals surface area contributed by atoms with E-state index in [0.29, 0.717) is 31.0 Å². The third-order valence-corrected chi connectivity index (χ3v) is 3.04. The van der Waals surface area contributed by atoms with E-state index in [1.54, 1.807) is 24.4 Å². The molecule has 22 heavy (non-hydrogen) atoms. The Bertz CT molecular complexity index is 658. The molecule has 2 rings (SSSR count). The van der Waals surface area contributed by atoms with Crippen LogP contribution in [0.3, 0.4) is 0 Å². The van der Waals surface area contributed by atoms with E-state index in [1.807, 2.05) is 6.92 Å². The molecule has 0 unspecified atom stereocenters. The van der Waals surface area contributed by atoms with Gasteiger partial charge in [0.15, 0.2) is 11.5 Å². The summed E-state index contributed by atoms with van der Waals surface area (Å²) in [5, 5.41) is 21.4. The zero-order chi connectivity index (χ0) is 15.9. The van der Waals surface area contributed by atoms with Gasteiger partial charge < -0.3 is 20.3 Å². The Hall–Kier alpha value is -2.76. The summed E-state index contributed by atoms with van der Waals surface area (Å²) in [6.07, 6.45) is 2.10. The van der Waals surface area contributed by atoms with Gasteiger partial charge in [0.25, 0.3) is 5.91 Å². The number of ether oxygens (including phenoxy) is 1. The molecule has 1 aromatic heterocycles. The molecule has 3 N–H and O–H groups in total. The van der Waals surface area contributed by atoms with Crippen LogP contribution in [0.25, 0.3) is 0 Å². The molecule has 6 heteroatoms. The molecule has 0 saturated carbocycles. The number of phenolic OH excluding ortho intramolecular Hbond substituents is 2. The molecule has 1 amide bonds. The quantitative estimate of drug-likeness (QED) is 0.708. The predicted octanol–water partition coefficient (Wildman–Crippen LogP) is 1.86. The number of aromatic nitrogens is 1. The number of rotatable bonds is 6. The molecular formula is C16H18N2O4. The van der Waals surface area contributed by atoms with Crippen molar-refractivity contribution in [2.24, 2.45) is 0 Å². The number of phenols is 2. The molecule has 1 aromatic carbocycles. The van der Waals surface area contributed by atoms with Gasteiger partial charge in [-0.2, -0.15) is 0 Å². The lowest BCUT2D eigenvalue weighted by atomic mass is 10.1. The second kappa shape index (κ2) is 7.31. The van der Waals surface area contributed by atoms with Crippen LogP contribution in [0.2, 0.25) is 0 Å². The van der Waals surface area contributed by atoms with Crippen LogP contribution in [-0.4, -0.2) is 34.3 Å². The largest absolute Gasteiger partial charge is 0.504 e. The van der Waals surface area contributed by atoms with Crippen molar-refractivity contribution in [3.05, 3.63) is 47.7 Å². The molecule has 0 atom stereocenters. The van der Waals surface area contributed by atoms with Crippen molar-refractivity contribution in [1.82, 2.24) is 10.3 Å². The molecule has 116 valence electrons. The standard InChI is InChI=1S/C16H18N2O4/c1-2-22-16-12(4-3-8-18-16)15(21)17-9-7-11-5-6-13(19)14(20)10-11/h3-6,8,10,19-20H,2,7,9H2,1H3,(H,17,21). The Balaban J connectivity index is 1.94. The smallest absolute Gasteiger partial charge is 0.256 e. The van der Waals surface area contributed by atoms with E-state index in [1.165, 1.54) is 12.1 Å². The fourth-order valence-corrected chi connectivity index (χ4v) is 1.96. The number of pyridine rings is 1. The van der Waals surface area contributed by atoms with Crippen molar-refractivity contribution < 1.29 is 19.7 Å². The summed E-state index contributed by atoms with van der Waals surface area (Å²) >= 11 is 0. The van der Waals surface area contributed by atoms with Crippen molar-refractivity contribution >= 4 is 5.91 Å². The van der Waals surface area contributed by atoms with E-state index < -0.39 is 0 Å². The lowest BCUT2D eigenvalue weighted by Gasteiger charge is -2.09. The van der Waals surface area contributed by atoms with Gasteiger partial charge >= 0.3 is 0 Å². The summed E-state index contributed by atoms with van der Waals surface area (Å²) in [6, 6.07) is 7.91. The molecule has 6 nitrogen and oxygen atoms in total. The lowest BCUT2D eigenvalue weighted by molar-refractivity contribution is 0.0949. The van der Waals surface area contributed by atoms with Crippen LogP contribution in [0.4, 0.5) is 0 Å². The zero-order valence-electron chi connectivity index (χ0n) is 12.2. The fraction of sp³-hybridized carbons (Fsp3) is 0.250. The Morgan fingerprint density at radius 2 is 2.09 bits per heavy atom. The molecule has 0 aliphatic heterocycles. The molecule has 0 saturated heterocycles. The van der Waals surface area contributed by atoms with Crippen LogP contribution < -0.4 is 10.1 Å². The number of carbonyl (C=O) groups excluding carboxylic acids is 1. The number of nitrogens with zero attached hydrogens (tertiary/aromatic N) is 1. The van der Waals surface area contributed by atoms with Crippen LogP contribution in [0, 0.1) is 0 Å². The van der Waals surface area contributed by atoms with Crippen LogP contribution in [0.5, 0.6) is 17.4 Å². The number of hydrogen-bond acceptors (Lipinski definition) is 5. The first kappa shape index (κ1) is 15.6. The topological polar surface area (TPSA) is 91.7 Å². The van der Waals surface area contributed by atoms with Crippen molar-refractivity contribution in [3.8, 4) is 17.4 Å². The van der Waals surface area contributed by atoms with E-state index in [-0.39, 0.29) is 17.4 Å². The van der Waals surface area contributed by atoms with Gasteiger partial charge in [0.05, 0.1) is 6.61 Å². The van der Waals surface area contributed by atoms with Crippen LogP contribution in [-0.2, 0) is 6.42 Å². The highest BCUT2D eigenvalue weighted by atomic mass is 16.5. The number of hydrogen-bond donors (Lipinski definition) is 3. The van der Waals surface area contributed by atoms with Crippen LogP contribution in [0.1, 0.15) is 22.8 Å². The number of carbonyl (C=O) groups is 1. The average molecular weight is 302 g/mol. The first-order valence-corrected chi connectivity index (χ1v) is 6.98. The van der Waals surface area contributed by atoms with Gasteiger partial charge in [0.2, 0.25) is 5.88 Å². The van der Waals surface area contributed by atoms with Gasteiger partial charge in [0, 0.05) is 12.7 Å². The first-order valence-electron chi connectivity index (χ1n) is 6.98. The van der Waals surface area contributed by atoms with Gasteiger partial charge in [-0.3, -0.25) is 4.79 Å². The summed E-state index contributed by atoms with van der Waals surface area (Å²) in [4.78, 5) is 16.2. The summed E-state index contributed by atoms with van der Waals surface area (Å²) in [6.45, 7) is 2.65. The summed E-state index contributed by atoms with van der Waals surface area (Å²) in [5.74, 6) is -0.288. The molecule has 0 spiro atoms. The van der Waals surface area contributed by atoms with Crippen LogP contribution in [0.15, 0.2) is 36.5 Å². The van der Waals surface area contributed by atoms with Crippen molar-refractivity contribution in [2.75, 3.05) is 13.2 Å². The van der Waals surface area contributed by atoms with E-state index in [9.17, 15) is 15.0 Å². The van der Waals surface area contributed by atoms with Gasteiger partial charge in [0.1, 0.15) is 5.56 Å². The lowest BCUT2D eigenvalue weighted by Crippen LogP contribution is -2.26. The highest BCUT2D eigenvalue weighted by molar-refractivity contribution is 5.96. The van der Waals surface area contributed by atoms with E-state index >= 15 is 0 Å². The van der Waals surface area contributed by atoms with Gasteiger partial charge in [-0.05, 0) is 43.2 Å². The molecular weight excluding hydrogens is 284 g/mol. The van der Waals surface area contributed by atoms with E-state index in [0.717, 1.165) is 5.56 Å². The Morgan fingerprint density at radius 3 is 2.82 bits per heavy atom. The normalized spacial score (nSPS) is 10.2. The number of amides is 1. The van der Waals surface area contributed by atoms with Gasteiger partial charge in [-0.15, -0.1) is 0 Å². The van der Waals surface area contributed by atoms with Crippen molar-refractivity contribution in [1.29, 1.82) is 0 Å². The fourth-order valence-electron chi connectivity index (χ4n) is 1.96. The highest BCUT2D eigenvalue weighted by Crippen LogP contribution is 2.24. The van der Waals surface area contributed by atoms with E-state index in [2.05, 4.69) is 10.3 Å². The third-order valence-electron chi connectivity index (χ3n) is 3.04. The summed E-state index contributed by atoms with van der Waals surface area (Å²) in [5.41, 5.74) is 1.20. The monoisotopic (exact) mass is 302 g/mol. The second-order valence-electron chi connectivity index (χ2n) is 4.62. The maximum atomic E-state index is 12.1. The van der Waals surface area contributed by atoms with E-state index in [4.69, 9.17) is 4.74 Å². The summed E-state index contributed by atoms with van der Waals surface area (Å²) < 4.78 is 5.32. The first-order chi connectivity index (χ1) is 10.6. The minimum absolute atomic E-state index is 0.162. The molecule has 0 aliphatic rings. The Labute approximate surface area is 128 Å². The molecule has 0 aliphatic carbocycles. The second-order valence-corrected chi connectivity index (χ2v) is 4.62. The van der Waals surface area contributed by atoms with Crippen molar-refractivity contribution in [2.45, 2.75) is 13.3 Å². The minimum atomic E-state index is -0.264. The summed E-state index contributed by atoms with van der Waals surface area (Å²) in [7, 11) is 0. The Kier molecular flexibility index (Phi) is 5.19. The maximum absolute atomic E-state index is 12.1. The highest BCUT2D eigenvalue weighted by Gasteiger charge is 2.12. The number of benzene rings is 1. The molecule has 1 heterocycles. The van der Waals surface area contributed by atoms with Crippen LogP contribution >= 0.6 is 0 Å². The number of aromatic hydroxyl groups is 2.